The van der Waals surface area contributed by atoms with Gasteiger partial charge in [0.25, 0.3) is 0 Å². The molecule has 3 atom stereocenters. The van der Waals surface area contributed by atoms with Gasteiger partial charge in [-0.2, -0.15) is 0 Å². The van der Waals surface area contributed by atoms with Crippen molar-refractivity contribution in [1.82, 2.24) is 9.80 Å². The summed E-state index contributed by atoms with van der Waals surface area (Å²) in [4.78, 5) is 29.2. The lowest BCUT2D eigenvalue weighted by Gasteiger charge is -2.59. The smallest absolute Gasteiger partial charge is 0.242 e. The van der Waals surface area contributed by atoms with Crippen molar-refractivity contribution in [2.24, 2.45) is 5.92 Å². The highest BCUT2D eigenvalue weighted by molar-refractivity contribution is 5.88. The van der Waals surface area contributed by atoms with Crippen LogP contribution in [0.5, 0.6) is 0 Å². The Balaban J connectivity index is 1.49. The van der Waals surface area contributed by atoms with Crippen LogP contribution in [0.25, 0.3) is 0 Å². The van der Waals surface area contributed by atoms with E-state index in [9.17, 15) is 14.7 Å². The lowest BCUT2D eigenvalue weighted by molar-refractivity contribution is -0.169. The third-order valence-electron chi connectivity index (χ3n) is 6.38. The molecule has 3 heterocycles. The van der Waals surface area contributed by atoms with Gasteiger partial charge in [-0.15, -0.1) is 0 Å². The molecule has 4 rings (SSSR count). The van der Waals surface area contributed by atoms with Crippen LogP contribution in [0.2, 0.25) is 0 Å². The van der Waals surface area contributed by atoms with Crippen LogP contribution in [0.3, 0.4) is 0 Å². The molecule has 0 aromatic heterocycles. The van der Waals surface area contributed by atoms with Gasteiger partial charge in [0, 0.05) is 44.3 Å². The number of carbonyl (C=O) groups excluding carboxylic acids is 2. The van der Waals surface area contributed by atoms with Crippen molar-refractivity contribution >= 4 is 11.8 Å². The molecule has 3 aliphatic rings. The molecule has 0 unspecified atom stereocenters. The molecule has 0 aliphatic carbocycles. The van der Waals surface area contributed by atoms with E-state index in [0.717, 1.165) is 11.1 Å². The van der Waals surface area contributed by atoms with Gasteiger partial charge in [-0.1, -0.05) is 24.0 Å². The number of rotatable bonds is 4. The second kappa shape index (κ2) is 9.17. The van der Waals surface area contributed by atoms with Crippen LogP contribution in [0.1, 0.15) is 29.9 Å². The molecule has 7 heteroatoms. The minimum absolute atomic E-state index is 0.00484. The summed E-state index contributed by atoms with van der Waals surface area (Å²) in [5.41, 5.74) is 1.95. The highest BCUT2D eigenvalue weighted by Crippen LogP contribution is 2.43. The van der Waals surface area contributed by atoms with Gasteiger partial charge < -0.3 is 24.4 Å². The third kappa shape index (κ3) is 3.95. The zero-order valence-electron chi connectivity index (χ0n) is 17.3. The summed E-state index contributed by atoms with van der Waals surface area (Å²) >= 11 is 0. The average molecular weight is 412 g/mol. The maximum absolute atomic E-state index is 13.0. The van der Waals surface area contributed by atoms with E-state index in [1.54, 1.807) is 16.9 Å². The topological polar surface area (TPSA) is 79.3 Å². The summed E-state index contributed by atoms with van der Waals surface area (Å²) in [6.07, 6.45) is 1.43. The van der Waals surface area contributed by atoms with Crippen molar-refractivity contribution < 1.29 is 24.2 Å². The molecule has 0 spiro atoms. The maximum atomic E-state index is 13.0. The van der Waals surface area contributed by atoms with Crippen LogP contribution < -0.4 is 0 Å². The summed E-state index contributed by atoms with van der Waals surface area (Å²) in [6.45, 7) is 2.11. The zero-order chi connectivity index (χ0) is 21.1. The molecule has 1 N–H and O–H groups in total. The summed E-state index contributed by atoms with van der Waals surface area (Å²) in [5, 5.41) is 9.93. The quantitative estimate of drug-likeness (QED) is 0.733. The highest BCUT2D eigenvalue weighted by Gasteiger charge is 2.54. The summed E-state index contributed by atoms with van der Waals surface area (Å²) < 4.78 is 10.3. The van der Waals surface area contributed by atoms with E-state index in [1.165, 1.54) is 0 Å². The number of aliphatic hydroxyl groups excluding tert-OH is 1. The molecule has 3 saturated heterocycles. The monoisotopic (exact) mass is 412 g/mol. The minimum atomic E-state index is -0.242. The number of methoxy groups -OCH3 is 1. The van der Waals surface area contributed by atoms with Crippen LogP contribution in [-0.4, -0.2) is 85.4 Å². The first-order valence-electron chi connectivity index (χ1n) is 10.5. The fourth-order valence-corrected chi connectivity index (χ4v) is 4.87. The molecule has 7 nitrogen and oxygen atoms in total. The van der Waals surface area contributed by atoms with E-state index in [0.29, 0.717) is 39.2 Å². The summed E-state index contributed by atoms with van der Waals surface area (Å²) in [7, 11) is 1.61. The van der Waals surface area contributed by atoms with Crippen molar-refractivity contribution in [2.45, 2.75) is 30.8 Å². The number of piperazine rings is 1. The van der Waals surface area contributed by atoms with Crippen molar-refractivity contribution in [3.05, 3.63) is 35.4 Å². The molecule has 3 fully saturated rings. The van der Waals surface area contributed by atoms with Crippen molar-refractivity contribution in [1.29, 1.82) is 0 Å². The predicted octanol–water partition coefficient (Wildman–Crippen LogP) is 0.609. The predicted molar refractivity (Wildman–Crippen MR) is 110 cm³/mol. The van der Waals surface area contributed by atoms with Crippen LogP contribution >= 0.6 is 0 Å². The fraction of sp³-hybridized carbons (Fsp3) is 0.565. The molecule has 30 heavy (non-hydrogen) atoms. The number of carbonyl (C=O) groups is 2. The Kier molecular flexibility index (Phi) is 6.38. The lowest BCUT2D eigenvalue weighted by atomic mass is 9.73. The van der Waals surface area contributed by atoms with Gasteiger partial charge in [0.05, 0.1) is 25.2 Å². The first-order chi connectivity index (χ1) is 14.6. The Morgan fingerprint density at radius 3 is 2.67 bits per heavy atom. The van der Waals surface area contributed by atoms with Crippen molar-refractivity contribution in [3.63, 3.8) is 0 Å². The molecule has 160 valence electrons. The molecular weight excluding hydrogens is 384 g/mol. The van der Waals surface area contributed by atoms with Gasteiger partial charge in [0.2, 0.25) is 11.8 Å². The van der Waals surface area contributed by atoms with Gasteiger partial charge in [-0.25, -0.2) is 0 Å². The Morgan fingerprint density at radius 1 is 1.27 bits per heavy atom. The maximum Gasteiger partial charge on any atom is 0.242 e. The van der Waals surface area contributed by atoms with E-state index < -0.39 is 0 Å². The van der Waals surface area contributed by atoms with E-state index in [1.807, 2.05) is 24.3 Å². The molecule has 1 aromatic rings. The Hall–Kier alpha value is -2.40. The number of hydrogen-bond acceptors (Lipinski definition) is 5. The van der Waals surface area contributed by atoms with E-state index in [4.69, 9.17) is 9.47 Å². The molecule has 0 radical (unpaired) electrons. The molecule has 2 amide bonds. The molecule has 1 aromatic carbocycles. The van der Waals surface area contributed by atoms with Crippen molar-refractivity contribution in [3.8, 4) is 11.8 Å². The first kappa shape index (κ1) is 20.9. The van der Waals surface area contributed by atoms with E-state index in [2.05, 4.69) is 11.8 Å². The lowest BCUT2D eigenvalue weighted by Crippen LogP contribution is -2.73. The van der Waals surface area contributed by atoms with Crippen molar-refractivity contribution in [2.75, 3.05) is 46.6 Å². The minimum Gasteiger partial charge on any atom is -0.394 e. The van der Waals surface area contributed by atoms with Crippen LogP contribution in [-0.2, 0) is 19.1 Å². The van der Waals surface area contributed by atoms with E-state index in [-0.39, 0.29) is 48.9 Å². The Labute approximate surface area is 176 Å². The SMILES string of the molecule is COCC#Cc1ccc([C@@H]2[C@H](CO)N3C(=O)CN(C(=O)C4CCOCC4)C[C@@H]23)cc1. The molecular formula is C23H28N2O5. The number of fused-ring (bicyclic) bond motifs is 1. The first-order valence-corrected chi connectivity index (χ1v) is 10.5. The Morgan fingerprint density at radius 2 is 2.00 bits per heavy atom. The number of amides is 2. The van der Waals surface area contributed by atoms with Gasteiger partial charge in [0.15, 0.2) is 0 Å². The number of aliphatic hydroxyl groups is 1. The van der Waals surface area contributed by atoms with Gasteiger partial charge in [-0.05, 0) is 30.5 Å². The van der Waals surface area contributed by atoms with Crippen LogP contribution in [0.4, 0.5) is 0 Å². The molecule has 3 aliphatic heterocycles. The zero-order valence-corrected chi connectivity index (χ0v) is 17.3. The highest BCUT2D eigenvalue weighted by atomic mass is 16.5. The third-order valence-corrected chi connectivity index (χ3v) is 6.38. The molecule has 0 bridgehead atoms. The largest absolute Gasteiger partial charge is 0.394 e. The number of benzene rings is 1. The van der Waals surface area contributed by atoms with Gasteiger partial charge in [0.1, 0.15) is 6.61 Å². The average Bonchev–Trinajstić information content (AvgIpc) is 2.76. The number of ether oxygens (including phenoxy) is 2. The molecule has 0 saturated carbocycles. The summed E-state index contributed by atoms with van der Waals surface area (Å²) in [6, 6.07) is 7.57. The standard InChI is InChI=1S/C23H28N2O5/c1-29-10-2-3-16-4-6-17(7-5-16)22-19-13-24(14-21(27)25(19)20(22)15-26)23(28)18-8-11-30-12-9-18/h4-7,18-20,22,26H,8-15H2,1H3/t19-,20-,22-/m0/s1. The normalized spacial score (nSPS) is 26.5. The second-order valence-electron chi connectivity index (χ2n) is 8.11. The van der Waals surface area contributed by atoms with Crippen LogP contribution in [0, 0.1) is 17.8 Å². The van der Waals surface area contributed by atoms with Gasteiger partial charge in [-0.3, -0.25) is 9.59 Å². The number of hydrogen-bond donors (Lipinski definition) is 1. The van der Waals surface area contributed by atoms with Gasteiger partial charge >= 0.3 is 0 Å². The summed E-state index contributed by atoms with van der Waals surface area (Å²) in [5.74, 6) is 5.89. The fourth-order valence-electron chi connectivity index (χ4n) is 4.87. The van der Waals surface area contributed by atoms with E-state index >= 15 is 0 Å². The van der Waals surface area contributed by atoms with Crippen LogP contribution in [0.15, 0.2) is 24.3 Å². The second-order valence-corrected chi connectivity index (χ2v) is 8.11. The Bertz CT molecular complexity index is 837. The number of nitrogens with zero attached hydrogens (tertiary/aromatic N) is 2.